The van der Waals surface area contributed by atoms with Crippen LogP contribution in [0.5, 0.6) is 0 Å². The number of nitrogens with two attached hydrogens (primary N) is 1. The molecule has 3 N–H and O–H groups in total. The molecule has 0 atom stereocenters. The standard InChI is InChI=1S/C17H23N3O3.ClH/c18-17(7-11-23-12-8-17)16(22)19-14-5-3-13(4-6-14)15(21)20-9-1-2-10-20;/h3-6H,1-2,7-12,18H2,(H,19,22);1H. The van der Waals surface area contributed by atoms with Gasteiger partial charge in [-0.15, -0.1) is 12.4 Å². The van der Waals surface area contributed by atoms with Gasteiger partial charge in [-0.1, -0.05) is 0 Å². The van der Waals surface area contributed by atoms with Crippen molar-refractivity contribution in [1.82, 2.24) is 4.90 Å². The van der Waals surface area contributed by atoms with Crippen LogP contribution in [0, 0.1) is 0 Å². The van der Waals surface area contributed by atoms with Crippen LogP contribution in [0.15, 0.2) is 24.3 Å². The molecule has 2 saturated heterocycles. The van der Waals surface area contributed by atoms with Crippen LogP contribution in [-0.4, -0.2) is 48.6 Å². The largest absolute Gasteiger partial charge is 0.381 e. The van der Waals surface area contributed by atoms with E-state index in [4.69, 9.17) is 10.5 Å². The first-order chi connectivity index (χ1) is 11.1. The van der Waals surface area contributed by atoms with Gasteiger partial charge in [0, 0.05) is 37.6 Å². The summed E-state index contributed by atoms with van der Waals surface area (Å²) in [5.41, 5.74) is 6.59. The van der Waals surface area contributed by atoms with Crippen molar-refractivity contribution in [3.8, 4) is 0 Å². The Morgan fingerprint density at radius 3 is 2.25 bits per heavy atom. The molecule has 1 aromatic rings. The van der Waals surface area contributed by atoms with Gasteiger partial charge in [0.25, 0.3) is 5.91 Å². The summed E-state index contributed by atoms with van der Waals surface area (Å²) in [6.45, 7) is 2.67. The number of nitrogens with one attached hydrogen (secondary N) is 1. The first-order valence-electron chi connectivity index (χ1n) is 8.16. The molecule has 2 fully saturated rings. The SMILES string of the molecule is Cl.NC1(C(=O)Nc2ccc(C(=O)N3CCCC3)cc2)CCOCC1. The van der Waals surface area contributed by atoms with Crippen molar-refractivity contribution in [1.29, 1.82) is 0 Å². The van der Waals surface area contributed by atoms with Crippen molar-refractivity contribution in [2.45, 2.75) is 31.2 Å². The Kier molecular flexibility index (Phi) is 6.21. The van der Waals surface area contributed by atoms with Crippen molar-refractivity contribution in [2.24, 2.45) is 5.73 Å². The highest BCUT2D eigenvalue weighted by Crippen LogP contribution is 2.21. The number of carbonyl (C=O) groups excluding carboxylic acids is 2. The third-order valence-corrected chi connectivity index (χ3v) is 4.62. The Bertz CT molecular complexity index is 579. The number of rotatable bonds is 3. The molecule has 2 aliphatic heterocycles. The van der Waals surface area contributed by atoms with Gasteiger partial charge < -0.3 is 20.7 Å². The number of hydrogen-bond donors (Lipinski definition) is 2. The molecule has 2 heterocycles. The van der Waals surface area contributed by atoms with Crippen LogP contribution in [0.25, 0.3) is 0 Å². The molecule has 0 radical (unpaired) electrons. The number of ether oxygens (including phenoxy) is 1. The molecule has 6 nitrogen and oxygen atoms in total. The minimum absolute atomic E-state index is 0. The fourth-order valence-corrected chi connectivity index (χ4v) is 3.02. The molecule has 0 aliphatic carbocycles. The molecule has 24 heavy (non-hydrogen) atoms. The van der Waals surface area contributed by atoms with E-state index in [0.717, 1.165) is 25.9 Å². The van der Waals surface area contributed by atoms with E-state index in [9.17, 15) is 9.59 Å². The molecule has 0 spiro atoms. The summed E-state index contributed by atoms with van der Waals surface area (Å²) in [5, 5.41) is 2.84. The zero-order valence-electron chi connectivity index (χ0n) is 13.6. The number of anilines is 1. The van der Waals surface area contributed by atoms with Crippen LogP contribution in [0.3, 0.4) is 0 Å². The van der Waals surface area contributed by atoms with Crippen molar-refractivity contribution in [2.75, 3.05) is 31.6 Å². The van der Waals surface area contributed by atoms with Crippen LogP contribution >= 0.6 is 12.4 Å². The zero-order chi connectivity index (χ0) is 16.3. The van der Waals surface area contributed by atoms with Gasteiger partial charge in [0.05, 0.1) is 0 Å². The average Bonchev–Trinajstić information content (AvgIpc) is 3.10. The number of hydrogen-bond acceptors (Lipinski definition) is 4. The highest BCUT2D eigenvalue weighted by atomic mass is 35.5. The van der Waals surface area contributed by atoms with Crippen LogP contribution < -0.4 is 11.1 Å². The zero-order valence-corrected chi connectivity index (χ0v) is 14.4. The smallest absolute Gasteiger partial charge is 0.253 e. The third-order valence-electron chi connectivity index (χ3n) is 4.62. The predicted molar refractivity (Wildman–Crippen MR) is 94.4 cm³/mol. The molecule has 132 valence electrons. The number of likely N-dealkylation sites (tertiary alicyclic amines) is 1. The van der Waals surface area contributed by atoms with Crippen LogP contribution in [0.2, 0.25) is 0 Å². The van der Waals surface area contributed by atoms with Gasteiger partial charge in [0.1, 0.15) is 5.54 Å². The van der Waals surface area contributed by atoms with Gasteiger partial charge in [0.15, 0.2) is 0 Å². The number of halogens is 1. The number of benzene rings is 1. The summed E-state index contributed by atoms with van der Waals surface area (Å²) in [6.07, 6.45) is 3.18. The van der Waals surface area contributed by atoms with Crippen molar-refractivity contribution >= 4 is 29.9 Å². The molecule has 0 bridgehead atoms. The van der Waals surface area contributed by atoms with E-state index in [1.807, 2.05) is 4.90 Å². The van der Waals surface area contributed by atoms with Gasteiger partial charge in [-0.3, -0.25) is 9.59 Å². The quantitative estimate of drug-likeness (QED) is 0.867. The van der Waals surface area contributed by atoms with Gasteiger partial charge >= 0.3 is 0 Å². The first kappa shape index (κ1) is 18.7. The monoisotopic (exact) mass is 353 g/mol. The summed E-state index contributed by atoms with van der Waals surface area (Å²) < 4.78 is 5.25. The molecule has 7 heteroatoms. The number of carbonyl (C=O) groups is 2. The maximum atomic E-state index is 12.4. The van der Waals surface area contributed by atoms with Crippen molar-refractivity contribution in [3.63, 3.8) is 0 Å². The van der Waals surface area contributed by atoms with Crippen molar-refractivity contribution < 1.29 is 14.3 Å². The third kappa shape index (κ3) is 4.06. The van der Waals surface area contributed by atoms with E-state index in [1.165, 1.54) is 0 Å². The van der Waals surface area contributed by atoms with Gasteiger partial charge in [-0.2, -0.15) is 0 Å². The summed E-state index contributed by atoms with van der Waals surface area (Å²) in [7, 11) is 0. The van der Waals surface area contributed by atoms with E-state index < -0.39 is 5.54 Å². The minimum atomic E-state index is -0.873. The lowest BCUT2D eigenvalue weighted by Crippen LogP contribution is -2.54. The Labute approximate surface area is 148 Å². The van der Waals surface area contributed by atoms with Gasteiger partial charge in [-0.05, 0) is 49.9 Å². The lowest BCUT2D eigenvalue weighted by molar-refractivity contribution is -0.124. The highest BCUT2D eigenvalue weighted by molar-refractivity contribution is 5.99. The first-order valence-corrected chi connectivity index (χ1v) is 8.16. The summed E-state index contributed by atoms with van der Waals surface area (Å²) in [6, 6.07) is 7.01. The lowest BCUT2D eigenvalue weighted by Gasteiger charge is -2.31. The van der Waals surface area contributed by atoms with E-state index in [1.54, 1.807) is 24.3 Å². The second kappa shape index (κ2) is 7.96. The second-order valence-corrected chi connectivity index (χ2v) is 6.30. The van der Waals surface area contributed by atoms with E-state index in [2.05, 4.69) is 5.32 Å². The molecule has 3 rings (SSSR count). The number of amides is 2. The topological polar surface area (TPSA) is 84.7 Å². The normalized spacial score (nSPS) is 19.5. The molecule has 0 unspecified atom stereocenters. The van der Waals surface area contributed by atoms with E-state index >= 15 is 0 Å². The summed E-state index contributed by atoms with van der Waals surface area (Å²) in [4.78, 5) is 26.5. The minimum Gasteiger partial charge on any atom is -0.381 e. The Balaban J connectivity index is 0.00000208. The molecule has 0 aromatic heterocycles. The Morgan fingerprint density at radius 1 is 1.08 bits per heavy atom. The second-order valence-electron chi connectivity index (χ2n) is 6.30. The van der Waals surface area contributed by atoms with E-state index in [0.29, 0.717) is 37.3 Å². The molecule has 0 saturated carbocycles. The number of nitrogens with zero attached hydrogens (tertiary/aromatic N) is 1. The predicted octanol–water partition coefficient (Wildman–Crippen LogP) is 1.79. The van der Waals surface area contributed by atoms with E-state index in [-0.39, 0.29) is 24.2 Å². The van der Waals surface area contributed by atoms with Gasteiger partial charge in [0.2, 0.25) is 5.91 Å². The maximum absolute atomic E-state index is 12.4. The Hall–Kier alpha value is -1.63. The molecular formula is C17H24ClN3O3. The molecular weight excluding hydrogens is 330 g/mol. The fourth-order valence-electron chi connectivity index (χ4n) is 3.02. The van der Waals surface area contributed by atoms with Crippen LogP contribution in [0.4, 0.5) is 5.69 Å². The highest BCUT2D eigenvalue weighted by Gasteiger charge is 2.35. The maximum Gasteiger partial charge on any atom is 0.253 e. The Morgan fingerprint density at radius 2 is 1.67 bits per heavy atom. The average molecular weight is 354 g/mol. The summed E-state index contributed by atoms with van der Waals surface area (Å²) in [5.74, 6) is -0.139. The summed E-state index contributed by atoms with van der Waals surface area (Å²) >= 11 is 0. The van der Waals surface area contributed by atoms with Gasteiger partial charge in [-0.25, -0.2) is 0 Å². The van der Waals surface area contributed by atoms with Crippen LogP contribution in [-0.2, 0) is 9.53 Å². The molecule has 1 aromatic carbocycles. The lowest BCUT2D eigenvalue weighted by atomic mass is 9.90. The molecule has 2 amide bonds. The van der Waals surface area contributed by atoms with Crippen LogP contribution in [0.1, 0.15) is 36.0 Å². The van der Waals surface area contributed by atoms with Crippen molar-refractivity contribution in [3.05, 3.63) is 29.8 Å². The molecule has 2 aliphatic rings. The fraction of sp³-hybridized carbons (Fsp3) is 0.529.